The SMILES string of the molecule is CCN(CC)C[C@H](C)NS(=O)(=O)CCNS(=O)(=O)c1ccccc1. The summed E-state index contributed by atoms with van der Waals surface area (Å²) in [6.07, 6.45) is 0. The summed E-state index contributed by atoms with van der Waals surface area (Å²) >= 11 is 0. The summed E-state index contributed by atoms with van der Waals surface area (Å²) < 4.78 is 53.1. The Bertz CT molecular complexity index is 687. The van der Waals surface area contributed by atoms with Crippen LogP contribution in [0.4, 0.5) is 0 Å². The van der Waals surface area contributed by atoms with Crippen LogP contribution in [0.15, 0.2) is 35.2 Å². The van der Waals surface area contributed by atoms with E-state index in [1.54, 1.807) is 25.1 Å². The molecule has 0 aliphatic rings. The molecule has 1 aromatic rings. The van der Waals surface area contributed by atoms with Gasteiger partial charge < -0.3 is 4.90 Å². The maximum absolute atomic E-state index is 12.1. The first-order chi connectivity index (χ1) is 11.2. The zero-order valence-corrected chi connectivity index (χ0v) is 16.0. The molecule has 0 spiro atoms. The van der Waals surface area contributed by atoms with Crippen LogP contribution >= 0.6 is 0 Å². The van der Waals surface area contributed by atoms with Gasteiger partial charge in [0.25, 0.3) is 0 Å². The highest BCUT2D eigenvalue weighted by molar-refractivity contribution is 7.90. The lowest BCUT2D eigenvalue weighted by Crippen LogP contribution is -2.44. The van der Waals surface area contributed by atoms with Crippen LogP contribution in [0.25, 0.3) is 0 Å². The molecule has 2 N–H and O–H groups in total. The number of hydrogen-bond acceptors (Lipinski definition) is 5. The average molecular weight is 378 g/mol. The Morgan fingerprint density at radius 3 is 2.17 bits per heavy atom. The number of nitrogens with one attached hydrogen (secondary N) is 2. The molecule has 0 radical (unpaired) electrons. The highest BCUT2D eigenvalue weighted by Crippen LogP contribution is 2.06. The molecule has 0 saturated heterocycles. The highest BCUT2D eigenvalue weighted by atomic mass is 32.2. The van der Waals surface area contributed by atoms with Crippen LogP contribution < -0.4 is 9.44 Å². The molecule has 0 amide bonds. The Kier molecular flexibility index (Phi) is 8.31. The molecule has 0 bridgehead atoms. The molecule has 24 heavy (non-hydrogen) atoms. The van der Waals surface area contributed by atoms with Crippen molar-refractivity contribution < 1.29 is 16.8 Å². The van der Waals surface area contributed by atoms with Crippen LogP contribution in [0, 0.1) is 0 Å². The van der Waals surface area contributed by atoms with Crippen molar-refractivity contribution in [3.8, 4) is 0 Å². The average Bonchev–Trinajstić information content (AvgIpc) is 2.52. The quantitative estimate of drug-likeness (QED) is 0.589. The molecule has 1 aromatic carbocycles. The molecule has 0 aliphatic heterocycles. The molecule has 0 fully saturated rings. The first-order valence-electron chi connectivity index (χ1n) is 7.97. The molecule has 7 nitrogen and oxygen atoms in total. The maximum atomic E-state index is 12.1. The van der Waals surface area contributed by atoms with E-state index in [4.69, 9.17) is 0 Å². The van der Waals surface area contributed by atoms with E-state index in [1.165, 1.54) is 12.1 Å². The first kappa shape index (κ1) is 21.0. The summed E-state index contributed by atoms with van der Waals surface area (Å²) in [7, 11) is -7.24. The van der Waals surface area contributed by atoms with Gasteiger partial charge in [-0.3, -0.25) is 0 Å². The van der Waals surface area contributed by atoms with Crippen molar-refractivity contribution in [3.05, 3.63) is 30.3 Å². The van der Waals surface area contributed by atoms with Crippen LogP contribution in [-0.4, -0.2) is 59.7 Å². The van der Waals surface area contributed by atoms with E-state index in [-0.39, 0.29) is 23.2 Å². The minimum absolute atomic E-state index is 0.116. The Morgan fingerprint density at radius 1 is 1.04 bits per heavy atom. The van der Waals surface area contributed by atoms with Gasteiger partial charge in [-0.25, -0.2) is 26.3 Å². The molecule has 0 heterocycles. The highest BCUT2D eigenvalue weighted by Gasteiger charge is 2.18. The molecule has 1 atom stereocenters. The van der Waals surface area contributed by atoms with Crippen LogP contribution in [0.1, 0.15) is 20.8 Å². The van der Waals surface area contributed by atoms with Crippen LogP contribution in [0.3, 0.4) is 0 Å². The predicted octanol–water partition coefficient (Wildman–Crippen LogP) is 0.615. The van der Waals surface area contributed by atoms with Gasteiger partial charge in [0.15, 0.2) is 0 Å². The normalized spacial score (nSPS) is 14.0. The Labute approximate surface area is 145 Å². The number of likely N-dealkylation sites (N-methyl/N-ethyl adjacent to an activating group) is 1. The fourth-order valence-electron chi connectivity index (χ4n) is 2.27. The summed E-state index contributed by atoms with van der Waals surface area (Å²) in [6, 6.07) is 7.62. The molecule has 0 saturated carbocycles. The lowest BCUT2D eigenvalue weighted by molar-refractivity contribution is 0.282. The third-order valence-corrected chi connectivity index (χ3v) is 6.50. The molecule has 0 aliphatic carbocycles. The maximum Gasteiger partial charge on any atom is 0.240 e. The van der Waals surface area contributed by atoms with E-state index in [0.29, 0.717) is 6.54 Å². The largest absolute Gasteiger partial charge is 0.302 e. The van der Waals surface area contributed by atoms with Gasteiger partial charge in [0.1, 0.15) is 0 Å². The Balaban J connectivity index is 2.51. The fourth-order valence-corrected chi connectivity index (χ4v) is 4.62. The molecular formula is C15H27N3O4S2. The summed E-state index contributed by atoms with van der Waals surface area (Å²) in [4.78, 5) is 2.23. The lowest BCUT2D eigenvalue weighted by Gasteiger charge is -2.23. The molecule has 138 valence electrons. The minimum Gasteiger partial charge on any atom is -0.302 e. The smallest absolute Gasteiger partial charge is 0.240 e. The zero-order chi connectivity index (χ0) is 18.2. The second kappa shape index (κ2) is 9.47. The van der Waals surface area contributed by atoms with E-state index in [9.17, 15) is 16.8 Å². The summed E-state index contributed by atoms with van der Waals surface area (Å²) in [5.74, 6) is -0.304. The molecular weight excluding hydrogens is 350 g/mol. The van der Waals surface area contributed by atoms with Gasteiger partial charge in [0, 0.05) is 19.1 Å². The topological polar surface area (TPSA) is 95.6 Å². The van der Waals surface area contributed by atoms with Crippen molar-refractivity contribution in [1.29, 1.82) is 0 Å². The standard InChI is InChI=1S/C15H27N3O4S2/c1-4-18(5-2)13-14(3)17-23(19,20)12-11-16-24(21,22)15-9-7-6-8-10-15/h6-10,14,16-17H,4-5,11-13H2,1-3H3/t14-/m0/s1. The zero-order valence-electron chi connectivity index (χ0n) is 14.4. The van der Waals surface area contributed by atoms with E-state index in [0.717, 1.165) is 13.1 Å². The fraction of sp³-hybridized carbons (Fsp3) is 0.600. The summed E-state index contributed by atoms with van der Waals surface area (Å²) in [5, 5.41) is 0. The third kappa shape index (κ3) is 7.27. The molecule has 1 rings (SSSR count). The minimum atomic E-state index is -3.69. The molecule has 0 unspecified atom stereocenters. The van der Waals surface area contributed by atoms with Crippen molar-refractivity contribution in [2.24, 2.45) is 0 Å². The Hall–Kier alpha value is -1.00. The van der Waals surface area contributed by atoms with E-state index in [2.05, 4.69) is 14.3 Å². The number of benzene rings is 1. The van der Waals surface area contributed by atoms with E-state index >= 15 is 0 Å². The molecule has 9 heteroatoms. The first-order valence-corrected chi connectivity index (χ1v) is 11.1. The second-order valence-corrected chi connectivity index (χ2v) is 9.17. The van der Waals surface area contributed by atoms with E-state index in [1.807, 2.05) is 13.8 Å². The predicted molar refractivity (Wildman–Crippen MR) is 95.8 cm³/mol. The summed E-state index contributed by atoms with van der Waals surface area (Å²) in [5.41, 5.74) is 0. The van der Waals surface area contributed by atoms with Crippen molar-refractivity contribution in [3.63, 3.8) is 0 Å². The number of hydrogen-bond donors (Lipinski definition) is 2. The lowest BCUT2D eigenvalue weighted by atomic mass is 10.3. The van der Waals surface area contributed by atoms with Gasteiger partial charge in [0.05, 0.1) is 10.6 Å². The number of rotatable bonds is 11. The number of nitrogens with zero attached hydrogens (tertiary/aromatic N) is 1. The molecule has 0 aromatic heterocycles. The van der Waals surface area contributed by atoms with Crippen molar-refractivity contribution >= 4 is 20.0 Å². The Morgan fingerprint density at radius 2 is 1.62 bits per heavy atom. The van der Waals surface area contributed by atoms with Gasteiger partial charge in [-0.2, -0.15) is 0 Å². The van der Waals surface area contributed by atoms with Gasteiger partial charge in [-0.05, 0) is 32.1 Å². The monoisotopic (exact) mass is 377 g/mol. The van der Waals surface area contributed by atoms with Crippen molar-refractivity contribution in [1.82, 2.24) is 14.3 Å². The number of sulfonamides is 2. The van der Waals surface area contributed by atoms with Crippen LogP contribution in [0.2, 0.25) is 0 Å². The van der Waals surface area contributed by atoms with Crippen molar-refractivity contribution in [2.75, 3.05) is 31.9 Å². The van der Waals surface area contributed by atoms with Crippen LogP contribution in [0.5, 0.6) is 0 Å². The second-order valence-electron chi connectivity index (χ2n) is 5.53. The van der Waals surface area contributed by atoms with Crippen molar-refractivity contribution in [2.45, 2.75) is 31.7 Å². The van der Waals surface area contributed by atoms with Gasteiger partial charge >= 0.3 is 0 Å². The van der Waals surface area contributed by atoms with Gasteiger partial charge in [-0.1, -0.05) is 32.0 Å². The van der Waals surface area contributed by atoms with E-state index < -0.39 is 20.0 Å². The third-order valence-electron chi connectivity index (χ3n) is 3.52. The van der Waals surface area contributed by atoms with Gasteiger partial charge in [0.2, 0.25) is 20.0 Å². The van der Waals surface area contributed by atoms with Gasteiger partial charge in [-0.15, -0.1) is 0 Å². The van der Waals surface area contributed by atoms with Crippen LogP contribution in [-0.2, 0) is 20.0 Å². The summed E-state index contributed by atoms with van der Waals surface area (Å²) in [6.45, 7) is 7.96.